The molecule has 3 aromatic carbocycles. The zero-order valence-electron chi connectivity index (χ0n) is 22.4. The van der Waals surface area contributed by atoms with Crippen LogP contribution in [0.25, 0.3) is 11.0 Å². The number of nitrogens with zero attached hydrogens (tertiary/aromatic N) is 4. The third-order valence-electron chi connectivity index (χ3n) is 6.31. The van der Waals surface area contributed by atoms with Crippen molar-refractivity contribution in [1.82, 2.24) is 20.3 Å². The van der Waals surface area contributed by atoms with Crippen molar-refractivity contribution in [2.24, 2.45) is 5.92 Å². The van der Waals surface area contributed by atoms with Crippen LogP contribution in [0.1, 0.15) is 31.9 Å². The molecule has 0 aliphatic carbocycles. The van der Waals surface area contributed by atoms with Crippen LogP contribution in [0, 0.1) is 11.7 Å². The van der Waals surface area contributed by atoms with Crippen LogP contribution in [0.2, 0.25) is 0 Å². The maximum atomic E-state index is 14.4. The number of nitrogens with one attached hydrogen (secondary N) is 1. The largest absolute Gasteiger partial charge is 0.493 e. The topological polar surface area (TPSA) is 98.6 Å². The summed E-state index contributed by atoms with van der Waals surface area (Å²) in [6.45, 7) is 4.31. The number of amides is 2. The quantitative estimate of drug-likeness (QED) is 0.304. The van der Waals surface area contributed by atoms with Gasteiger partial charge in [0.2, 0.25) is 11.8 Å². The molecule has 0 aliphatic heterocycles. The number of anilines is 1. The second-order valence-electron chi connectivity index (χ2n) is 9.47. The molecule has 10 heteroatoms. The minimum Gasteiger partial charge on any atom is -0.493 e. The molecule has 2 amide bonds. The van der Waals surface area contributed by atoms with E-state index < -0.39 is 23.7 Å². The number of ether oxygens (including phenoxy) is 2. The lowest BCUT2D eigenvalue weighted by molar-refractivity contribution is -0.127. The normalized spacial score (nSPS) is 11.8. The van der Waals surface area contributed by atoms with Gasteiger partial charge in [0, 0.05) is 12.2 Å². The predicted octanol–water partition coefficient (Wildman–Crippen LogP) is 4.52. The van der Waals surface area contributed by atoms with Gasteiger partial charge in [-0.1, -0.05) is 43.3 Å². The summed E-state index contributed by atoms with van der Waals surface area (Å²) in [6, 6.07) is 16.7. The Hall–Kier alpha value is -4.47. The summed E-state index contributed by atoms with van der Waals surface area (Å²) in [6.07, 6.45) is 0.753. The molecular weight excluding hydrogens is 501 g/mol. The van der Waals surface area contributed by atoms with Gasteiger partial charge in [-0.25, -0.2) is 9.07 Å². The van der Waals surface area contributed by atoms with E-state index in [1.165, 1.54) is 42.0 Å². The van der Waals surface area contributed by atoms with E-state index in [1.54, 1.807) is 36.4 Å². The Labute approximate surface area is 226 Å². The van der Waals surface area contributed by atoms with Gasteiger partial charge in [-0.2, -0.15) is 0 Å². The lowest BCUT2D eigenvalue weighted by Crippen LogP contribution is -2.45. The average Bonchev–Trinajstić information content (AvgIpc) is 3.33. The first-order valence-corrected chi connectivity index (χ1v) is 12.7. The Balaban J connectivity index is 1.81. The Kier molecular flexibility index (Phi) is 8.75. The zero-order chi connectivity index (χ0) is 27.9. The van der Waals surface area contributed by atoms with E-state index in [-0.39, 0.29) is 12.2 Å². The second-order valence-corrected chi connectivity index (χ2v) is 9.47. The van der Waals surface area contributed by atoms with Crippen molar-refractivity contribution in [2.45, 2.75) is 32.9 Å². The maximum Gasteiger partial charge on any atom is 0.249 e. The molecule has 1 aromatic heterocycles. The highest BCUT2D eigenvalue weighted by Crippen LogP contribution is 2.35. The van der Waals surface area contributed by atoms with Gasteiger partial charge in [-0.05, 0) is 60.4 Å². The van der Waals surface area contributed by atoms with Gasteiger partial charge in [-0.15, -0.1) is 5.10 Å². The number of carbonyl (C=O) groups excluding carboxylic acids is 2. The Morgan fingerprint density at radius 1 is 1.00 bits per heavy atom. The number of para-hydroxylation sites is 1. The van der Waals surface area contributed by atoms with Crippen molar-refractivity contribution in [1.29, 1.82) is 0 Å². The van der Waals surface area contributed by atoms with Crippen LogP contribution in [0.15, 0.2) is 66.7 Å². The van der Waals surface area contributed by atoms with Gasteiger partial charge in [-0.3, -0.25) is 14.5 Å². The maximum absolute atomic E-state index is 14.4. The molecule has 0 fully saturated rings. The molecule has 4 aromatic rings. The zero-order valence-corrected chi connectivity index (χ0v) is 22.4. The molecule has 0 spiro atoms. The van der Waals surface area contributed by atoms with E-state index in [4.69, 9.17) is 9.47 Å². The molecule has 204 valence electrons. The highest BCUT2D eigenvalue weighted by molar-refractivity contribution is 6.01. The van der Waals surface area contributed by atoms with Gasteiger partial charge < -0.3 is 14.8 Å². The molecule has 0 unspecified atom stereocenters. The van der Waals surface area contributed by atoms with E-state index in [0.29, 0.717) is 40.6 Å². The van der Waals surface area contributed by atoms with Crippen LogP contribution < -0.4 is 19.7 Å². The molecule has 39 heavy (non-hydrogen) atoms. The molecule has 1 heterocycles. The highest BCUT2D eigenvalue weighted by atomic mass is 19.1. The standard InChI is InChI=1S/C29H32FN5O4/c1-19(2)14-15-31-29(37)28(20-12-13-25(38-3)26(16-20)39-4)35(22-9-7-8-21(30)17-22)27(36)18-34-24-11-6-5-10-23(24)32-33-34/h5-13,16-17,19,28H,14-15,18H2,1-4H3,(H,31,37)/t28-/m1/s1. The van der Waals surface area contributed by atoms with E-state index in [2.05, 4.69) is 29.5 Å². The molecule has 9 nitrogen and oxygen atoms in total. The predicted molar refractivity (Wildman–Crippen MR) is 146 cm³/mol. The first-order valence-electron chi connectivity index (χ1n) is 12.7. The minimum atomic E-state index is -1.14. The lowest BCUT2D eigenvalue weighted by atomic mass is 10.0. The molecule has 0 saturated heterocycles. The van der Waals surface area contributed by atoms with Crippen LogP contribution in [0.4, 0.5) is 10.1 Å². The number of benzene rings is 3. The van der Waals surface area contributed by atoms with Crippen molar-refractivity contribution >= 4 is 28.5 Å². The monoisotopic (exact) mass is 533 g/mol. The summed E-state index contributed by atoms with van der Waals surface area (Å²) in [4.78, 5) is 29.1. The van der Waals surface area contributed by atoms with Crippen molar-refractivity contribution in [3.63, 3.8) is 0 Å². The van der Waals surface area contributed by atoms with Gasteiger partial charge in [0.15, 0.2) is 11.5 Å². The Bertz CT molecular complexity index is 1450. The number of rotatable bonds is 11. The summed E-state index contributed by atoms with van der Waals surface area (Å²) < 4.78 is 26.8. The molecule has 0 bridgehead atoms. The SMILES string of the molecule is COc1ccc([C@H](C(=O)NCCC(C)C)N(C(=O)Cn2nnc3ccccc32)c2cccc(F)c2)cc1OC. The lowest BCUT2D eigenvalue weighted by Gasteiger charge is -2.32. The van der Waals surface area contributed by atoms with Gasteiger partial charge in [0.1, 0.15) is 23.9 Å². The first kappa shape index (κ1) is 27.6. The Morgan fingerprint density at radius 2 is 1.77 bits per heavy atom. The van der Waals surface area contributed by atoms with Crippen LogP contribution in [0.5, 0.6) is 11.5 Å². The second kappa shape index (κ2) is 12.4. The summed E-state index contributed by atoms with van der Waals surface area (Å²) in [5.41, 5.74) is 1.98. The molecule has 4 rings (SSSR count). The molecule has 0 radical (unpaired) electrons. The van der Waals surface area contributed by atoms with Crippen LogP contribution in [-0.2, 0) is 16.1 Å². The summed E-state index contributed by atoms with van der Waals surface area (Å²) >= 11 is 0. The van der Waals surface area contributed by atoms with E-state index >= 15 is 0 Å². The van der Waals surface area contributed by atoms with Crippen LogP contribution in [-0.4, -0.2) is 47.6 Å². The number of halogens is 1. The molecule has 1 atom stereocenters. The van der Waals surface area contributed by atoms with Gasteiger partial charge >= 0.3 is 0 Å². The van der Waals surface area contributed by atoms with E-state index in [1.807, 2.05) is 12.1 Å². The number of carbonyl (C=O) groups is 2. The summed E-state index contributed by atoms with van der Waals surface area (Å²) in [5.74, 6) is -0.199. The highest BCUT2D eigenvalue weighted by Gasteiger charge is 2.34. The first-order chi connectivity index (χ1) is 18.8. The fraction of sp³-hybridized carbons (Fsp3) is 0.310. The fourth-order valence-corrected chi connectivity index (χ4v) is 4.32. The Morgan fingerprint density at radius 3 is 2.49 bits per heavy atom. The fourth-order valence-electron chi connectivity index (χ4n) is 4.32. The molecule has 0 aliphatic rings. The van der Waals surface area contributed by atoms with Crippen LogP contribution >= 0.6 is 0 Å². The van der Waals surface area contributed by atoms with Crippen molar-refractivity contribution in [3.05, 3.63) is 78.1 Å². The third-order valence-corrected chi connectivity index (χ3v) is 6.31. The number of aromatic nitrogens is 3. The molecule has 1 N–H and O–H groups in total. The van der Waals surface area contributed by atoms with Crippen LogP contribution in [0.3, 0.4) is 0 Å². The van der Waals surface area contributed by atoms with E-state index in [9.17, 15) is 14.0 Å². The molecular formula is C29H32FN5O4. The summed E-state index contributed by atoms with van der Waals surface area (Å²) in [5, 5.41) is 11.2. The number of fused-ring (bicyclic) bond motifs is 1. The molecule has 0 saturated carbocycles. The smallest absolute Gasteiger partial charge is 0.249 e. The van der Waals surface area contributed by atoms with Crippen molar-refractivity contribution in [2.75, 3.05) is 25.7 Å². The van der Waals surface area contributed by atoms with Gasteiger partial charge in [0.25, 0.3) is 0 Å². The number of hydrogen-bond donors (Lipinski definition) is 1. The van der Waals surface area contributed by atoms with E-state index in [0.717, 1.165) is 6.42 Å². The third kappa shape index (κ3) is 6.34. The average molecular weight is 534 g/mol. The van der Waals surface area contributed by atoms with Crippen molar-refractivity contribution < 1.29 is 23.5 Å². The number of methoxy groups -OCH3 is 2. The number of hydrogen-bond acceptors (Lipinski definition) is 6. The minimum absolute atomic E-state index is 0.222. The summed E-state index contributed by atoms with van der Waals surface area (Å²) in [7, 11) is 3.00. The van der Waals surface area contributed by atoms with Gasteiger partial charge in [0.05, 0.1) is 19.7 Å². The van der Waals surface area contributed by atoms with Crippen molar-refractivity contribution in [3.8, 4) is 11.5 Å².